The molecule has 0 aromatic heterocycles. The Morgan fingerprint density at radius 2 is 1.06 bits per heavy atom. The highest BCUT2D eigenvalue weighted by Crippen LogP contribution is 2.38. The molecule has 8 nitrogen and oxygen atoms in total. The number of hydrogen-bond donors (Lipinski definition) is 0. The van der Waals surface area contributed by atoms with Crippen molar-refractivity contribution in [1.29, 1.82) is 0 Å². The van der Waals surface area contributed by atoms with E-state index in [-0.39, 0.29) is 25.8 Å². The smallest absolute Gasteiger partial charge is 0.306 e. The van der Waals surface area contributed by atoms with Crippen molar-refractivity contribution in [1.82, 2.24) is 0 Å². The van der Waals surface area contributed by atoms with Crippen LogP contribution in [0.15, 0.2) is 12.2 Å². The minimum Gasteiger partial charge on any atom is -0.756 e. The molecule has 0 aromatic rings. The van der Waals surface area contributed by atoms with Crippen LogP contribution in [0.5, 0.6) is 0 Å². The summed E-state index contributed by atoms with van der Waals surface area (Å²) in [6.45, 7) is 5.41. The molecule has 0 aliphatic rings. The lowest BCUT2D eigenvalue weighted by molar-refractivity contribution is -0.870. The normalized spacial score (nSPS) is 14.0. The zero-order valence-corrected chi connectivity index (χ0v) is 33.8. The number of rotatable bonds is 38. The molecule has 49 heavy (non-hydrogen) atoms. The monoisotopic (exact) mass is 718 g/mol. The zero-order chi connectivity index (χ0) is 36.3. The maximum atomic E-state index is 12.6. The summed E-state index contributed by atoms with van der Waals surface area (Å²) in [5, 5.41) is 0. The minimum atomic E-state index is -4.51. The second kappa shape index (κ2) is 34.3. The van der Waals surface area contributed by atoms with E-state index in [0.717, 1.165) is 44.9 Å². The molecule has 0 aliphatic carbocycles. The molecule has 0 saturated heterocycles. The molecule has 0 bridgehead atoms. The number of unbranched alkanes of at least 4 members (excludes halogenated alkanes) is 22. The van der Waals surface area contributed by atoms with Crippen LogP contribution in [-0.2, 0) is 27.9 Å². The maximum Gasteiger partial charge on any atom is 0.306 e. The van der Waals surface area contributed by atoms with Crippen LogP contribution < -0.4 is 4.89 Å². The van der Waals surface area contributed by atoms with Gasteiger partial charge in [0.2, 0.25) is 0 Å². The first-order valence-electron chi connectivity index (χ1n) is 20.4. The van der Waals surface area contributed by atoms with E-state index in [1.807, 2.05) is 21.1 Å². The molecule has 0 heterocycles. The van der Waals surface area contributed by atoms with E-state index in [1.165, 1.54) is 116 Å². The third-order valence-corrected chi connectivity index (χ3v) is 9.78. The van der Waals surface area contributed by atoms with Gasteiger partial charge in [-0.25, -0.2) is 0 Å². The topological polar surface area (TPSA) is 94.1 Å². The number of likely N-dealkylation sites (N-methyl/N-ethyl adjacent to an activating group) is 1. The first-order valence-corrected chi connectivity index (χ1v) is 21.9. The van der Waals surface area contributed by atoms with Crippen molar-refractivity contribution in [2.45, 2.75) is 187 Å². The fourth-order valence-corrected chi connectivity index (χ4v) is 6.33. The van der Waals surface area contributed by atoms with Gasteiger partial charge in [-0.1, -0.05) is 148 Å². The lowest BCUT2D eigenvalue weighted by Gasteiger charge is -2.28. The lowest BCUT2D eigenvalue weighted by atomic mass is 10.1. The van der Waals surface area contributed by atoms with E-state index in [9.17, 15) is 14.3 Å². The van der Waals surface area contributed by atoms with Crippen molar-refractivity contribution in [3.05, 3.63) is 12.2 Å². The highest BCUT2D eigenvalue weighted by Gasteiger charge is 2.20. The van der Waals surface area contributed by atoms with Gasteiger partial charge in [-0.2, -0.15) is 0 Å². The molecule has 0 fully saturated rings. The van der Waals surface area contributed by atoms with E-state index < -0.39 is 13.9 Å². The molecule has 0 saturated carbocycles. The van der Waals surface area contributed by atoms with Gasteiger partial charge in [0.1, 0.15) is 19.3 Å². The zero-order valence-electron chi connectivity index (χ0n) is 32.9. The molecule has 0 spiro atoms. The number of phosphoric ester groups is 1. The molecule has 0 radical (unpaired) electrons. The van der Waals surface area contributed by atoms with Crippen molar-refractivity contribution in [3.8, 4) is 0 Å². The van der Waals surface area contributed by atoms with Crippen molar-refractivity contribution in [2.75, 3.05) is 54.1 Å². The number of quaternary nitrogens is 1. The Bertz CT molecular complexity index is 802. The number of phosphoric acid groups is 1. The maximum absolute atomic E-state index is 12.6. The Morgan fingerprint density at radius 3 is 1.55 bits per heavy atom. The number of hydrogen-bond acceptors (Lipinski definition) is 7. The van der Waals surface area contributed by atoms with E-state index >= 15 is 0 Å². The molecule has 2 unspecified atom stereocenters. The lowest BCUT2D eigenvalue weighted by Crippen LogP contribution is -2.37. The standard InChI is InChI=1S/C40H80NO7P/c1-6-8-10-12-14-16-18-20-21-22-23-25-27-29-31-33-40(42)48-39(38-47-49(43,44)46-36-34-41(3,4)5)37-45-35-32-30-28-26-24-19-17-15-13-11-9-7-2/h20-21,39H,6-19,22-38H2,1-5H3/b21-20-. The third-order valence-electron chi connectivity index (χ3n) is 8.82. The molecule has 0 N–H and O–H groups in total. The van der Waals surface area contributed by atoms with E-state index in [0.29, 0.717) is 24.1 Å². The third kappa shape index (κ3) is 38.3. The van der Waals surface area contributed by atoms with Crippen molar-refractivity contribution < 1.29 is 37.3 Å². The average molecular weight is 718 g/mol. The Labute approximate surface area is 303 Å². The molecule has 0 aromatic carbocycles. The molecule has 292 valence electrons. The van der Waals surface area contributed by atoms with Crippen molar-refractivity contribution >= 4 is 13.8 Å². The van der Waals surface area contributed by atoms with Gasteiger partial charge >= 0.3 is 5.97 Å². The largest absolute Gasteiger partial charge is 0.756 e. The van der Waals surface area contributed by atoms with E-state index in [4.69, 9.17) is 18.5 Å². The van der Waals surface area contributed by atoms with Crippen LogP contribution in [0.1, 0.15) is 181 Å². The quantitative estimate of drug-likeness (QED) is 0.0206. The van der Waals surface area contributed by atoms with Gasteiger partial charge in [0, 0.05) is 13.0 Å². The molecule has 9 heteroatoms. The van der Waals surface area contributed by atoms with Gasteiger partial charge in [-0.05, 0) is 38.5 Å². The summed E-state index contributed by atoms with van der Waals surface area (Å²) in [6.07, 6.45) is 35.0. The molecule has 2 atom stereocenters. The molecular weight excluding hydrogens is 637 g/mol. The van der Waals surface area contributed by atoms with Crippen LogP contribution in [0.25, 0.3) is 0 Å². The van der Waals surface area contributed by atoms with Crippen molar-refractivity contribution in [3.63, 3.8) is 0 Å². The second-order valence-corrected chi connectivity index (χ2v) is 16.4. The molecule has 0 amide bonds. The average Bonchev–Trinajstić information content (AvgIpc) is 3.04. The van der Waals surface area contributed by atoms with Crippen LogP contribution in [0.3, 0.4) is 0 Å². The van der Waals surface area contributed by atoms with E-state index in [2.05, 4.69) is 26.0 Å². The Morgan fingerprint density at radius 1 is 0.612 bits per heavy atom. The van der Waals surface area contributed by atoms with Gasteiger partial charge in [0.25, 0.3) is 7.82 Å². The highest BCUT2D eigenvalue weighted by atomic mass is 31.2. The Kier molecular flexibility index (Phi) is 33.8. The number of carbonyl (C=O) groups excluding carboxylic acids is 1. The van der Waals surface area contributed by atoms with Crippen LogP contribution >= 0.6 is 7.82 Å². The van der Waals surface area contributed by atoms with Crippen molar-refractivity contribution in [2.24, 2.45) is 0 Å². The van der Waals surface area contributed by atoms with Gasteiger partial charge in [0.05, 0.1) is 34.4 Å². The van der Waals surface area contributed by atoms with Crippen LogP contribution in [0.4, 0.5) is 0 Å². The predicted octanol–water partition coefficient (Wildman–Crippen LogP) is 10.9. The number of carbonyl (C=O) groups is 1. The first-order chi connectivity index (χ1) is 23.6. The SMILES string of the molecule is CCCCCCCC/C=C\CCCCCCCC(=O)OC(COCCCCCCCCCCCCCC)COP(=O)([O-])OCC[N+](C)(C)C. The fraction of sp³-hybridized carbons (Fsp3) is 0.925. The Hall–Kier alpha value is -0.760. The van der Waals surface area contributed by atoms with E-state index in [1.54, 1.807) is 0 Å². The van der Waals surface area contributed by atoms with Gasteiger partial charge in [-0.15, -0.1) is 0 Å². The minimum absolute atomic E-state index is 0.0275. The van der Waals surface area contributed by atoms with Crippen LogP contribution in [0, 0.1) is 0 Å². The second-order valence-electron chi connectivity index (χ2n) is 15.0. The van der Waals surface area contributed by atoms with Crippen LogP contribution in [-0.4, -0.2) is 70.7 Å². The molecule has 0 aliphatic heterocycles. The predicted molar refractivity (Wildman–Crippen MR) is 204 cm³/mol. The summed E-state index contributed by atoms with van der Waals surface area (Å²) < 4.78 is 34.5. The summed E-state index contributed by atoms with van der Waals surface area (Å²) in [7, 11) is 1.36. The number of nitrogens with zero attached hydrogens (tertiary/aromatic N) is 1. The number of ether oxygens (including phenoxy) is 2. The Balaban J connectivity index is 4.27. The summed E-state index contributed by atoms with van der Waals surface area (Å²) >= 11 is 0. The number of esters is 1. The highest BCUT2D eigenvalue weighted by molar-refractivity contribution is 7.45. The number of allylic oxidation sites excluding steroid dienone is 2. The molecular formula is C40H80NO7P. The fourth-order valence-electron chi connectivity index (χ4n) is 5.60. The van der Waals surface area contributed by atoms with Gasteiger partial charge in [-0.3, -0.25) is 9.36 Å². The summed E-state index contributed by atoms with van der Waals surface area (Å²) in [5.74, 6) is -0.341. The summed E-state index contributed by atoms with van der Waals surface area (Å²) in [5.41, 5.74) is 0. The van der Waals surface area contributed by atoms with Crippen LogP contribution in [0.2, 0.25) is 0 Å². The van der Waals surface area contributed by atoms with Gasteiger partial charge in [0.15, 0.2) is 0 Å². The summed E-state index contributed by atoms with van der Waals surface area (Å²) in [6, 6.07) is 0. The first kappa shape index (κ1) is 48.2. The summed E-state index contributed by atoms with van der Waals surface area (Å²) in [4.78, 5) is 24.9. The van der Waals surface area contributed by atoms with Gasteiger partial charge < -0.3 is 27.9 Å². The molecule has 0 rings (SSSR count).